The van der Waals surface area contributed by atoms with Crippen LogP contribution in [0.15, 0.2) is 24.3 Å². The molecule has 2 aliphatic rings. The molecule has 2 aliphatic heterocycles. The second-order valence-corrected chi connectivity index (χ2v) is 6.84. The van der Waals surface area contributed by atoms with Crippen LogP contribution in [0.25, 0.3) is 0 Å². The fraction of sp³-hybridized carbons (Fsp3) is 0.562. The SMILES string of the molecule is CC(C)(C)OC(=O)N1CC2CC1CN2c1ccc(O)cc1. The lowest BCUT2D eigenvalue weighted by Gasteiger charge is -2.36. The molecule has 0 aliphatic carbocycles. The number of benzene rings is 1. The molecule has 2 bridgehead atoms. The summed E-state index contributed by atoms with van der Waals surface area (Å²) in [7, 11) is 0. The van der Waals surface area contributed by atoms with Gasteiger partial charge in [-0.3, -0.25) is 0 Å². The second-order valence-electron chi connectivity index (χ2n) is 6.84. The highest BCUT2D eigenvalue weighted by Crippen LogP contribution is 2.35. The molecule has 1 aromatic carbocycles. The van der Waals surface area contributed by atoms with E-state index in [2.05, 4.69) is 4.90 Å². The van der Waals surface area contributed by atoms with Crippen molar-refractivity contribution in [3.05, 3.63) is 24.3 Å². The zero-order valence-electron chi connectivity index (χ0n) is 12.7. The highest BCUT2D eigenvalue weighted by Gasteiger charge is 2.46. The zero-order chi connectivity index (χ0) is 15.2. The van der Waals surface area contributed by atoms with E-state index >= 15 is 0 Å². The summed E-state index contributed by atoms with van der Waals surface area (Å²) >= 11 is 0. The van der Waals surface area contributed by atoms with Crippen LogP contribution < -0.4 is 4.90 Å². The lowest BCUT2D eigenvalue weighted by molar-refractivity contribution is 0.0215. The standard InChI is InChI=1S/C16H22N2O3/c1-16(2,3)21-15(20)18-10-12-8-13(18)9-17(12)11-4-6-14(19)7-5-11/h4-7,12-13,19H,8-10H2,1-3H3. The molecule has 1 N–H and O–H groups in total. The highest BCUT2D eigenvalue weighted by atomic mass is 16.6. The minimum Gasteiger partial charge on any atom is -0.508 e. The Balaban J connectivity index is 1.66. The Morgan fingerprint density at radius 2 is 1.86 bits per heavy atom. The van der Waals surface area contributed by atoms with E-state index in [1.807, 2.05) is 37.8 Å². The largest absolute Gasteiger partial charge is 0.508 e. The first-order valence-corrected chi connectivity index (χ1v) is 7.39. The normalized spacial score (nSPS) is 24.5. The Morgan fingerprint density at radius 1 is 1.19 bits per heavy atom. The van der Waals surface area contributed by atoms with Gasteiger partial charge in [0, 0.05) is 24.8 Å². The Morgan fingerprint density at radius 3 is 2.38 bits per heavy atom. The first kappa shape index (κ1) is 14.0. The Labute approximate surface area is 125 Å². The van der Waals surface area contributed by atoms with Crippen LogP contribution in [0.4, 0.5) is 10.5 Å². The lowest BCUT2D eigenvalue weighted by atomic mass is 10.2. The van der Waals surface area contributed by atoms with E-state index in [9.17, 15) is 9.90 Å². The minimum absolute atomic E-state index is 0.208. The van der Waals surface area contributed by atoms with Gasteiger partial charge in [0.05, 0.1) is 6.04 Å². The third-order valence-corrected chi connectivity index (χ3v) is 4.05. The van der Waals surface area contributed by atoms with Gasteiger partial charge in [0.1, 0.15) is 11.4 Å². The third-order valence-electron chi connectivity index (χ3n) is 4.05. The summed E-state index contributed by atoms with van der Waals surface area (Å²) in [5.74, 6) is 0.276. The Kier molecular flexibility index (Phi) is 3.23. The number of carbonyl (C=O) groups is 1. The molecule has 0 aromatic heterocycles. The molecule has 0 saturated carbocycles. The number of rotatable bonds is 1. The third kappa shape index (κ3) is 2.77. The Hall–Kier alpha value is -1.91. The van der Waals surface area contributed by atoms with Gasteiger partial charge in [-0.15, -0.1) is 0 Å². The molecule has 2 heterocycles. The molecule has 2 atom stereocenters. The fourth-order valence-electron chi connectivity index (χ4n) is 3.17. The number of anilines is 1. The molecule has 2 saturated heterocycles. The second kappa shape index (κ2) is 4.83. The van der Waals surface area contributed by atoms with Crippen molar-refractivity contribution >= 4 is 11.8 Å². The van der Waals surface area contributed by atoms with Gasteiger partial charge >= 0.3 is 6.09 Å². The predicted octanol–water partition coefficient (Wildman–Crippen LogP) is 2.59. The van der Waals surface area contributed by atoms with E-state index in [-0.39, 0.29) is 17.9 Å². The number of phenols is 1. The van der Waals surface area contributed by atoms with Crippen molar-refractivity contribution in [2.45, 2.75) is 44.9 Å². The van der Waals surface area contributed by atoms with Crippen LogP contribution in [-0.2, 0) is 4.74 Å². The van der Waals surface area contributed by atoms with Crippen molar-refractivity contribution in [1.29, 1.82) is 0 Å². The molecule has 114 valence electrons. The number of likely N-dealkylation sites (tertiary alicyclic amines) is 1. The summed E-state index contributed by atoms with van der Waals surface area (Å²) in [6, 6.07) is 7.81. The number of piperazine rings is 1. The molecule has 5 heteroatoms. The Bertz CT molecular complexity index is 535. The number of fused-ring (bicyclic) bond motifs is 2. The number of amides is 1. The number of ether oxygens (including phenoxy) is 1. The lowest BCUT2D eigenvalue weighted by Crippen LogP contribution is -2.50. The quantitative estimate of drug-likeness (QED) is 0.863. The summed E-state index contributed by atoms with van der Waals surface area (Å²) in [4.78, 5) is 16.4. The smallest absolute Gasteiger partial charge is 0.410 e. The van der Waals surface area contributed by atoms with E-state index in [4.69, 9.17) is 4.74 Å². The van der Waals surface area contributed by atoms with Crippen molar-refractivity contribution < 1.29 is 14.6 Å². The van der Waals surface area contributed by atoms with Crippen LogP contribution in [0.3, 0.4) is 0 Å². The number of hydrogen-bond donors (Lipinski definition) is 1. The highest BCUT2D eigenvalue weighted by molar-refractivity contribution is 5.70. The molecular formula is C16H22N2O3. The predicted molar refractivity (Wildman–Crippen MR) is 80.6 cm³/mol. The molecule has 21 heavy (non-hydrogen) atoms. The van der Waals surface area contributed by atoms with E-state index < -0.39 is 5.60 Å². The van der Waals surface area contributed by atoms with Crippen LogP contribution in [0.5, 0.6) is 5.75 Å². The number of hydrogen-bond acceptors (Lipinski definition) is 4. The van der Waals surface area contributed by atoms with Crippen molar-refractivity contribution in [1.82, 2.24) is 4.90 Å². The van der Waals surface area contributed by atoms with Crippen LogP contribution in [0.2, 0.25) is 0 Å². The first-order chi connectivity index (χ1) is 9.83. The maximum absolute atomic E-state index is 12.2. The van der Waals surface area contributed by atoms with Gasteiger partial charge < -0.3 is 19.6 Å². The number of phenolic OH excluding ortho intramolecular Hbond substituents is 1. The minimum atomic E-state index is -0.449. The average Bonchev–Trinajstić information content (AvgIpc) is 2.97. The molecule has 3 rings (SSSR count). The van der Waals surface area contributed by atoms with Gasteiger partial charge in [-0.05, 0) is 51.5 Å². The van der Waals surface area contributed by atoms with E-state index in [0.29, 0.717) is 12.6 Å². The molecular weight excluding hydrogens is 268 g/mol. The molecule has 0 spiro atoms. The summed E-state index contributed by atoms with van der Waals surface area (Å²) < 4.78 is 5.47. The monoisotopic (exact) mass is 290 g/mol. The van der Waals surface area contributed by atoms with Gasteiger partial charge in [-0.25, -0.2) is 4.79 Å². The van der Waals surface area contributed by atoms with E-state index in [1.54, 1.807) is 12.1 Å². The van der Waals surface area contributed by atoms with Crippen LogP contribution in [0, 0.1) is 0 Å². The molecule has 0 radical (unpaired) electrons. The van der Waals surface area contributed by atoms with Crippen LogP contribution in [-0.4, -0.2) is 46.9 Å². The first-order valence-electron chi connectivity index (χ1n) is 7.39. The molecule has 1 amide bonds. The maximum atomic E-state index is 12.2. The van der Waals surface area contributed by atoms with Crippen LogP contribution >= 0.6 is 0 Å². The summed E-state index contributed by atoms with van der Waals surface area (Å²) in [5.41, 5.74) is 0.652. The number of nitrogens with zero attached hydrogens (tertiary/aromatic N) is 2. The zero-order valence-corrected chi connectivity index (χ0v) is 12.7. The topological polar surface area (TPSA) is 53.0 Å². The molecule has 2 unspecified atom stereocenters. The van der Waals surface area contributed by atoms with Crippen molar-refractivity contribution in [3.8, 4) is 5.75 Å². The van der Waals surface area contributed by atoms with Gasteiger partial charge in [0.25, 0.3) is 0 Å². The summed E-state index contributed by atoms with van der Waals surface area (Å²) in [5, 5.41) is 9.37. The fourth-order valence-corrected chi connectivity index (χ4v) is 3.17. The van der Waals surface area contributed by atoms with Crippen molar-refractivity contribution in [2.75, 3.05) is 18.0 Å². The van der Waals surface area contributed by atoms with Gasteiger partial charge in [0.15, 0.2) is 0 Å². The van der Waals surface area contributed by atoms with Crippen molar-refractivity contribution in [2.24, 2.45) is 0 Å². The average molecular weight is 290 g/mol. The van der Waals surface area contributed by atoms with E-state index in [1.165, 1.54) is 0 Å². The number of carbonyl (C=O) groups excluding carboxylic acids is 1. The van der Waals surface area contributed by atoms with Crippen molar-refractivity contribution in [3.63, 3.8) is 0 Å². The molecule has 5 nitrogen and oxygen atoms in total. The summed E-state index contributed by atoms with van der Waals surface area (Å²) in [6.45, 7) is 7.21. The molecule has 1 aromatic rings. The van der Waals surface area contributed by atoms with Crippen LogP contribution in [0.1, 0.15) is 27.2 Å². The van der Waals surface area contributed by atoms with Gasteiger partial charge in [-0.2, -0.15) is 0 Å². The summed E-state index contributed by atoms with van der Waals surface area (Å²) in [6.07, 6.45) is 0.778. The maximum Gasteiger partial charge on any atom is 0.410 e. The van der Waals surface area contributed by atoms with E-state index in [0.717, 1.165) is 18.7 Å². The molecule has 2 fully saturated rings. The van der Waals surface area contributed by atoms with Gasteiger partial charge in [-0.1, -0.05) is 0 Å². The number of aromatic hydroxyl groups is 1. The van der Waals surface area contributed by atoms with Gasteiger partial charge in [0.2, 0.25) is 0 Å².